The minimum Gasteiger partial charge on any atom is -0.545 e. The summed E-state index contributed by atoms with van der Waals surface area (Å²) in [5.74, 6) is -1.27. The zero-order valence-corrected chi connectivity index (χ0v) is 11.5. The Labute approximate surface area is 119 Å². The van der Waals surface area contributed by atoms with Crippen LogP contribution in [0.2, 0.25) is 10.0 Å². The zero-order valence-electron chi connectivity index (χ0n) is 7.96. The van der Waals surface area contributed by atoms with Crippen molar-refractivity contribution in [2.24, 2.45) is 0 Å². The van der Waals surface area contributed by atoms with Crippen molar-refractivity contribution in [2.75, 3.05) is 5.32 Å². The van der Waals surface area contributed by atoms with Crippen LogP contribution >= 0.6 is 23.2 Å². The maximum Gasteiger partial charge on any atom is 1.00 e. The number of halogens is 2. The molecule has 0 aliphatic heterocycles. The van der Waals surface area contributed by atoms with Crippen LogP contribution in [0.3, 0.4) is 0 Å². The van der Waals surface area contributed by atoms with Gasteiger partial charge in [-0.25, -0.2) is 0 Å². The Bertz CT molecular complexity index is 362. The van der Waals surface area contributed by atoms with Crippen molar-refractivity contribution in [1.29, 1.82) is 0 Å². The molecule has 0 aliphatic carbocycles. The SMILES string of the molecule is O=C([O-])/C=C/Nc1cc(Cl)cc(Cl)c1.[Na+]. The molecule has 6 heteroatoms. The molecule has 3 nitrogen and oxygen atoms in total. The Hall–Kier alpha value is -0.190. The second kappa shape index (κ2) is 7.14. The topological polar surface area (TPSA) is 52.2 Å². The Balaban J connectivity index is 0.00000196. The van der Waals surface area contributed by atoms with Crippen LogP contribution in [0.1, 0.15) is 0 Å². The average Bonchev–Trinajstić information content (AvgIpc) is 2.01. The van der Waals surface area contributed by atoms with E-state index in [4.69, 9.17) is 23.2 Å². The monoisotopic (exact) mass is 253 g/mol. The molecule has 1 N–H and O–H groups in total. The van der Waals surface area contributed by atoms with Crippen LogP contribution in [0.15, 0.2) is 30.5 Å². The van der Waals surface area contributed by atoms with Gasteiger partial charge in [0.15, 0.2) is 0 Å². The normalized spacial score (nSPS) is 9.73. The summed E-state index contributed by atoms with van der Waals surface area (Å²) in [5, 5.41) is 13.7. The molecular weight excluding hydrogens is 248 g/mol. The van der Waals surface area contributed by atoms with Crippen molar-refractivity contribution >= 4 is 34.9 Å². The maximum absolute atomic E-state index is 10.0. The molecule has 1 aromatic rings. The maximum atomic E-state index is 10.0. The first-order valence-electron chi connectivity index (χ1n) is 3.68. The van der Waals surface area contributed by atoms with E-state index in [1.165, 1.54) is 6.20 Å². The Morgan fingerprint density at radius 1 is 1.27 bits per heavy atom. The van der Waals surface area contributed by atoms with Gasteiger partial charge < -0.3 is 15.2 Å². The molecule has 0 atom stereocenters. The first-order chi connectivity index (χ1) is 6.58. The molecule has 1 aromatic carbocycles. The van der Waals surface area contributed by atoms with Crippen LogP contribution < -0.4 is 40.0 Å². The molecule has 15 heavy (non-hydrogen) atoms. The summed E-state index contributed by atoms with van der Waals surface area (Å²) >= 11 is 11.4. The van der Waals surface area contributed by atoms with E-state index in [0.717, 1.165) is 6.08 Å². The summed E-state index contributed by atoms with van der Waals surface area (Å²) in [6.45, 7) is 0. The predicted molar refractivity (Wildman–Crippen MR) is 54.2 cm³/mol. The Kier molecular flexibility index (Phi) is 7.05. The van der Waals surface area contributed by atoms with Gasteiger partial charge in [0, 0.05) is 21.9 Å². The van der Waals surface area contributed by atoms with Crippen LogP contribution in [0.25, 0.3) is 0 Å². The number of carbonyl (C=O) groups is 1. The summed E-state index contributed by atoms with van der Waals surface area (Å²) in [4.78, 5) is 10.0. The second-order valence-electron chi connectivity index (χ2n) is 2.45. The minimum atomic E-state index is -1.27. The standard InChI is InChI=1S/C9H7Cl2NO2.Na/c10-6-3-7(11)5-8(4-6)12-2-1-9(13)14;/h1-5,12H,(H,13,14);/q;+1/p-1/b2-1+;. The summed E-state index contributed by atoms with van der Waals surface area (Å²) in [5.41, 5.74) is 0.611. The van der Waals surface area contributed by atoms with E-state index in [0.29, 0.717) is 15.7 Å². The third-order valence-electron chi connectivity index (χ3n) is 1.33. The van der Waals surface area contributed by atoms with Gasteiger partial charge in [0.25, 0.3) is 0 Å². The third kappa shape index (κ3) is 6.07. The molecule has 0 heterocycles. The third-order valence-corrected chi connectivity index (χ3v) is 1.77. The summed E-state index contributed by atoms with van der Waals surface area (Å²) in [6.07, 6.45) is 2.10. The largest absolute Gasteiger partial charge is 1.00 e. The zero-order chi connectivity index (χ0) is 10.6. The fraction of sp³-hybridized carbons (Fsp3) is 0. The van der Waals surface area contributed by atoms with E-state index in [1.807, 2.05) is 0 Å². The van der Waals surface area contributed by atoms with Crippen molar-refractivity contribution in [3.63, 3.8) is 0 Å². The van der Waals surface area contributed by atoms with Crippen LogP contribution in [0, 0.1) is 0 Å². The van der Waals surface area contributed by atoms with E-state index in [1.54, 1.807) is 18.2 Å². The van der Waals surface area contributed by atoms with E-state index >= 15 is 0 Å². The van der Waals surface area contributed by atoms with Crippen LogP contribution in [-0.2, 0) is 4.79 Å². The van der Waals surface area contributed by atoms with Crippen molar-refractivity contribution in [3.8, 4) is 0 Å². The molecule has 0 saturated carbocycles. The van der Waals surface area contributed by atoms with Crippen LogP contribution in [0.5, 0.6) is 0 Å². The quantitative estimate of drug-likeness (QED) is 0.537. The number of carboxylic acids is 1. The molecule has 74 valence electrons. The molecule has 0 aromatic heterocycles. The van der Waals surface area contributed by atoms with Gasteiger partial charge in [0.05, 0.1) is 5.97 Å². The van der Waals surface area contributed by atoms with E-state index in [9.17, 15) is 9.90 Å². The number of rotatable bonds is 3. The minimum absolute atomic E-state index is 0. The number of benzene rings is 1. The number of nitrogens with one attached hydrogen (secondary N) is 1. The van der Waals surface area contributed by atoms with E-state index < -0.39 is 5.97 Å². The Morgan fingerprint density at radius 3 is 2.27 bits per heavy atom. The van der Waals surface area contributed by atoms with Gasteiger partial charge >= 0.3 is 29.6 Å². The van der Waals surface area contributed by atoms with E-state index in [2.05, 4.69) is 5.32 Å². The van der Waals surface area contributed by atoms with Gasteiger partial charge in [-0.3, -0.25) is 0 Å². The molecule has 0 aliphatic rings. The second-order valence-corrected chi connectivity index (χ2v) is 3.33. The predicted octanol–water partition coefficient (Wildman–Crippen LogP) is -1.33. The molecule has 0 bridgehead atoms. The molecule has 0 unspecified atom stereocenters. The molecule has 0 amide bonds. The molecule has 0 spiro atoms. The molecule has 1 rings (SSSR count). The fourth-order valence-electron chi connectivity index (χ4n) is 0.843. The fourth-order valence-corrected chi connectivity index (χ4v) is 1.37. The van der Waals surface area contributed by atoms with E-state index in [-0.39, 0.29) is 29.6 Å². The smallest absolute Gasteiger partial charge is 0.545 e. The number of anilines is 1. The number of hydrogen-bond donors (Lipinski definition) is 1. The average molecular weight is 254 g/mol. The van der Waals surface area contributed by atoms with Crippen LogP contribution in [0.4, 0.5) is 5.69 Å². The first-order valence-corrected chi connectivity index (χ1v) is 4.43. The number of aliphatic carboxylic acids is 1. The number of carbonyl (C=O) groups excluding carboxylic acids is 1. The molecular formula is C9H6Cl2NNaO2. The first kappa shape index (κ1) is 14.8. The summed E-state index contributed by atoms with van der Waals surface area (Å²) in [6, 6.07) is 4.82. The Morgan fingerprint density at radius 2 is 1.80 bits per heavy atom. The summed E-state index contributed by atoms with van der Waals surface area (Å²) < 4.78 is 0. The van der Waals surface area contributed by atoms with Gasteiger partial charge in [-0.15, -0.1) is 0 Å². The molecule has 0 saturated heterocycles. The number of carboxylic acid groups (broad SMARTS) is 1. The number of hydrogen-bond acceptors (Lipinski definition) is 3. The van der Waals surface area contributed by atoms with Gasteiger partial charge in [0.1, 0.15) is 0 Å². The molecule has 0 radical (unpaired) electrons. The van der Waals surface area contributed by atoms with Gasteiger partial charge in [-0.1, -0.05) is 23.2 Å². The van der Waals surface area contributed by atoms with Crippen LogP contribution in [-0.4, -0.2) is 5.97 Å². The summed E-state index contributed by atoms with van der Waals surface area (Å²) in [7, 11) is 0. The van der Waals surface area contributed by atoms with Crippen molar-refractivity contribution in [2.45, 2.75) is 0 Å². The molecule has 0 fully saturated rings. The van der Waals surface area contributed by atoms with Crippen molar-refractivity contribution in [1.82, 2.24) is 0 Å². The van der Waals surface area contributed by atoms with Gasteiger partial charge in [-0.05, 0) is 24.3 Å². The van der Waals surface area contributed by atoms with Gasteiger partial charge in [-0.2, -0.15) is 0 Å². The van der Waals surface area contributed by atoms with Crippen molar-refractivity contribution in [3.05, 3.63) is 40.5 Å². The van der Waals surface area contributed by atoms with Crippen molar-refractivity contribution < 1.29 is 39.5 Å². The van der Waals surface area contributed by atoms with Gasteiger partial charge in [0.2, 0.25) is 0 Å².